The Hall–Kier alpha value is -0.840. The molecule has 0 radical (unpaired) electrons. The first-order chi connectivity index (χ1) is 6.24. The molecule has 1 saturated heterocycles. The molecule has 4 nitrogen and oxygen atoms in total. The van der Waals surface area contributed by atoms with Crippen LogP contribution in [-0.2, 0) is 4.74 Å². The summed E-state index contributed by atoms with van der Waals surface area (Å²) < 4.78 is 17.1. The minimum atomic E-state index is -0.532. The third-order valence-electron chi connectivity index (χ3n) is 1.90. The summed E-state index contributed by atoms with van der Waals surface area (Å²) in [5.74, 6) is 0. The smallest absolute Gasteiger partial charge is 0.317 e. The van der Waals surface area contributed by atoms with Crippen LogP contribution in [0, 0.1) is 0 Å². The van der Waals surface area contributed by atoms with E-state index in [1.54, 1.807) is 11.8 Å². The minimum Gasteiger partial charge on any atom is -0.378 e. The predicted molar refractivity (Wildman–Crippen MR) is 46.4 cm³/mol. The SMILES string of the molecule is CC(CF)NC(=O)N1CCOCC1. The highest BCUT2D eigenvalue weighted by Gasteiger charge is 2.17. The van der Waals surface area contributed by atoms with Crippen LogP contribution in [-0.4, -0.2) is 50.0 Å². The number of halogens is 1. The van der Waals surface area contributed by atoms with E-state index in [-0.39, 0.29) is 6.03 Å². The molecule has 1 N–H and O–H groups in total. The molecule has 1 unspecified atom stereocenters. The molecule has 0 saturated carbocycles. The lowest BCUT2D eigenvalue weighted by molar-refractivity contribution is 0.0524. The lowest BCUT2D eigenvalue weighted by Gasteiger charge is -2.27. The van der Waals surface area contributed by atoms with E-state index in [4.69, 9.17) is 4.74 Å². The highest BCUT2D eigenvalue weighted by atomic mass is 19.1. The van der Waals surface area contributed by atoms with Crippen molar-refractivity contribution >= 4 is 6.03 Å². The third-order valence-corrected chi connectivity index (χ3v) is 1.90. The van der Waals surface area contributed by atoms with Gasteiger partial charge in [-0.05, 0) is 6.92 Å². The van der Waals surface area contributed by atoms with Crippen molar-refractivity contribution in [3.8, 4) is 0 Å². The molecular weight excluding hydrogens is 175 g/mol. The fraction of sp³-hybridized carbons (Fsp3) is 0.875. The number of carbonyl (C=O) groups excluding carboxylic acids is 1. The van der Waals surface area contributed by atoms with E-state index in [0.717, 1.165) is 0 Å². The molecule has 0 aromatic rings. The Morgan fingerprint density at radius 3 is 2.77 bits per heavy atom. The molecule has 0 spiro atoms. The fourth-order valence-corrected chi connectivity index (χ4v) is 1.11. The van der Waals surface area contributed by atoms with Gasteiger partial charge in [0.2, 0.25) is 0 Å². The van der Waals surface area contributed by atoms with Gasteiger partial charge in [-0.1, -0.05) is 0 Å². The summed E-state index contributed by atoms with van der Waals surface area (Å²) in [7, 11) is 0. The van der Waals surface area contributed by atoms with Crippen LogP contribution in [0.5, 0.6) is 0 Å². The fourth-order valence-electron chi connectivity index (χ4n) is 1.11. The average molecular weight is 190 g/mol. The molecule has 5 heteroatoms. The van der Waals surface area contributed by atoms with E-state index >= 15 is 0 Å². The zero-order valence-electron chi connectivity index (χ0n) is 7.75. The summed E-state index contributed by atoms with van der Waals surface area (Å²) in [6, 6.07) is -0.608. The van der Waals surface area contributed by atoms with E-state index in [0.29, 0.717) is 26.3 Å². The van der Waals surface area contributed by atoms with Gasteiger partial charge in [0.25, 0.3) is 0 Å². The van der Waals surface area contributed by atoms with Gasteiger partial charge in [0.05, 0.1) is 19.3 Å². The van der Waals surface area contributed by atoms with Gasteiger partial charge in [-0.3, -0.25) is 0 Å². The Kier molecular flexibility index (Phi) is 3.95. The molecule has 1 atom stereocenters. The normalized spacial score (nSPS) is 19.7. The summed E-state index contributed by atoms with van der Waals surface area (Å²) in [6.07, 6.45) is 0. The number of hydrogen-bond acceptors (Lipinski definition) is 2. The number of carbonyl (C=O) groups is 1. The van der Waals surface area contributed by atoms with Gasteiger partial charge in [0.15, 0.2) is 0 Å². The molecule has 0 aliphatic carbocycles. The molecule has 2 amide bonds. The number of hydrogen-bond donors (Lipinski definition) is 1. The second-order valence-corrected chi connectivity index (χ2v) is 3.10. The molecule has 1 heterocycles. The van der Waals surface area contributed by atoms with E-state index < -0.39 is 12.7 Å². The molecular formula is C8H15FN2O2. The van der Waals surface area contributed by atoms with Crippen LogP contribution in [0.1, 0.15) is 6.92 Å². The Balaban J connectivity index is 2.29. The molecule has 0 aromatic heterocycles. The molecule has 1 aliphatic heterocycles. The summed E-state index contributed by atoms with van der Waals surface area (Å²) >= 11 is 0. The number of nitrogens with one attached hydrogen (secondary N) is 1. The van der Waals surface area contributed by atoms with Crippen LogP contribution in [0.25, 0.3) is 0 Å². The van der Waals surface area contributed by atoms with Gasteiger partial charge in [-0.15, -0.1) is 0 Å². The third kappa shape index (κ3) is 3.18. The topological polar surface area (TPSA) is 41.6 Å². The van der Waals surface area contributed by atoms with Crippen molar-refractivity contribution in [1.29, 1.82) is 0 Å². The van der Waals surface area contributed by atoms with Gasteiger partial charge < -0.3 is 15.0 Å². The number of ether oxygens (including phenoxy) is 1. The maximum absolute atomic E-state index is 12.1. The van der Waals surface area contributed by atoms with Gasteiger partial charge in [-0.25, -0.2) is 9.18 Å². The molecule has 0 aromatic carbocycles. The zero-order valence-corrected chi connectivity index (χ0v) is 7.75. The van der Waals surface area contributed by atoms with Gasteiger partial charge >= 0.3 is 6.03 Å². The predicted octanol–water partition coefficient (Wildman–Crippen LogP) is 0.386. The van der Waals surface area contributed by atoms with Gasteiger partial charge in [-0.2, -0.15) is 0 Å². The number of rotatable bonds is 2. The van der Waals surface area contributed by atoms with Crippen molar-refractivity contribution in [2.24, 2.45) is 0 Å². The number of alkyl halides is 1. The van der Waals surface area contributed by atoms with Crippen molar-refractivity contribution in [1.82, 2.24) is 10.2 Å². The van der Waals surface area contributed by atoms with E-state index in [9.17, 15) is 9.18 Å². The highest BCUT2D eigenvalue weighted by Crippen LogP contribution is 1.97. The Morgan fingerprint density at radius 1 is 1.62 bits per heavy atom. The van der Waals surface area contributed by atoms with Crippen molar-refractivity contribution < 1.29 is 13.9 Å². The molecule has 1 fully saturated rings. The monoisotopic (exact) mass is 190 g/mol. The maximum atomic E-state index is 12.1. The summed E-state index contributed by atoms with van der Waals surface area (Å²) in [5.41, 5.74) is 0. The first-order valence-electron chi connectivity index (χ1n) is 4.43. The largest absolute Gasteiger partial charge is 0.378 e. The second-order valence-electron chi connectivity index (χ2n) is 3.10. The van der Waals surface area contributed by atoms with Gasteiger partial charge in [0, 0.05) is 13.1 Å². The first kappa shape index (κ1) is 10.2. The second kappa shape index (κ2) is 5.01. The zero-order chi connectivity index (χ0) is 9.68. The van der Waals surface area contributed by atoms with Crippen molar-refractivity contribution in [3.05, 3.63) is 0 Å². The number of nitrogens with zero attached hydrogens (tertiary/aromatic N) is 1. The summed E-state index contributed by atoms with van der Waals surface area (Å²) in [6.45, 7) is 3.42. The van der Waals surface area contributed by atoms with E-state index in [1.165, 1.54) is 0 Å². The van der Waals surface area contributed by atoms with Crippen molar-refractivity contribution in [3.63, 3.8) is 0 Å². The molecule has 13 heavy (non-hydrogen) atoms. The van der Waals surface area contributed by atoms with Gasteiger partial charge in [0.1, 0.15) is 6.67 Å². The summed E-state index contributed by atoms with van der Waals surface area (Å²) in [4.78, 5) is 13.0. The molecule has 76 valence electrons. The van der Waals surface area contributed by atoms with E-state index in [1.807, 2.05) is 0 Å². The molecule has 1 aliphatic rings. The summed E-state index contributed by atoms with van der Waals surface area (Å²) in [5, 5.41) is 2.56. The maximum Gasteiger partial charge on any atom is 0.317 e. The van der Waals surface area contributed by atoms with Crippen molar-refractivity contribution in [2.45, 2.75) is 13.0 Å². The quantitative estimate of drug-likeness (QED) is 0.684. The molecule has 0 bridgehead atoms. The lowest BCUT2D eigenvalue weighted by Crippen LogP contribution is -2.49. The van der Waals surface area contributed by atoms with Crippen LogP contribution in [0.3, 0.4) is 0 Å². The number of morpholine rings is 1. The van der Waals surface area contributed by atoms with Crippen LogP contribution in [0.2, 0.25) is 0 Å². The minimum absolute atomic E-state index is 0.201. The van der Waals surface area contributed by atoms with E-state index in [2.05, 4.69) is 5.32 Å². The lowest BCUT2D eigenvalue weighted by atomic mass is 10.4. The number of urea groups is 1. The highest BCUT2D eigenvalue weighted by molar-refractivity contribution is 5.74. The first-order valence-corrected chi connectivity index (χ1v) is 4.43. The number of amides is 2. The molecule has 1 rings (SSSR count). The van der Waals surface area contributed by atoms with Crippen LogP contribution in [0.4, 0.5) is 9.18 Å². The standard InChI is InChI=1S/C8H15FN2O2/c1-7(6-9)10-8(12)11-2-4-13-5-3-11/h7H,2-6H2,1H3,(H,10,12). The Morgan fingerprint density at radius 2 is 2.23 bits per heavy atom. The van der Waals surface area contributed by atoms with Crippen LogP contribution < -0.4 is 5.32 Å². The Labute approximate surface area is 77.0 Å². The van der Waals surface area contributed by atoms with Crippen LogP contribution >= 0.6 is 0 Å². The van der Waals surface area contributed by atoms with Crippen LogP contribution in [0.15, 0.2) is 0 Å². The van der Waals surface area contributed by atoms with Crippen molar-refractivity contribution in [2.75, 3.05) is 33.0 Å². The average Bonchev–Trinajstić information content (AvgIpc) is 2.19. The Bertz CT molecular complexity index is 172.